The van der Waals surface area contributed by atoms with E-state index in [1.807, 2.05) is 39.1 Å². The number of nitrogens with one attached hydrogen (secondary N) is 1. The minimum Gasteiger partial charge on any atom is -0.444 e. The van der Waals surface area contributed by atoms with E-state index in [0.29, 0.717) is 29.3 Å². The molecule has 0 bridgehead atoms. The molecule has 0 aliphatic carbocycles. The molecule has 1 aliphatic heterocycles. The monoisotopic (exact) mass is 448 g/mol. The van der Waals surface area contributed by atoms with E-state index in [-0.39, 0.29) is 12.1 Å². The van der Waals surface area contributed by atoms with E-state index in [2.05, 4.69) is 48.0 Å². The molecule has 150 valence electrons. The van der Waals surface area contributed by atoms with Gasteiger partial charge in [-0.25, -0.2) is 19.7 Å². The van der Waals surface area contributed by atoms with Gasteiger partial charge in [0.15, 0.2) is 0 Å². The van der Waals surface area contributed by atoms with Gasteiger partial charge in [-0.3, -0.25) is 0 Å². The molecule has 1 fully saturated rings. The van der Waals surface area contributed by atoms with Crippen LogP contribution in [0.2, 0.25) is 0 Å². The van der Waals surface area contributed by atoms with Crippen LogP contribution in [0.25, 0.3) is 0 Å². The molecule has 0 spiro atoms. The summed E-state index contributed by atoms with van der Waals surface area (Å²) in [6.07, 6.45) is 3.05. The summed E-state index contributed by atoms with van der Waals surface area (Å²) in [5.41, 5.74) is 0.537. The quantitative estimate of drug-likeness (QED) is 0.714. The lowest BCUT2D eigenvalue weighted by Crippen LogP contribution is -2.54. The Morgan fingerprint density at radius 2 is 2.00 bits per heavy atom. The lowest BCUT2D eigenvalue weighted by atomic mass is 10.1. The van der Waals surface area contributed by atoms with Gasteiger partial charge < -0.3 is 19.9 Å². The predicted molar refractivity (Wildman–Crippen MR) is 112 cm³/mol. The summed E-state index contributed by atoms with van der Waals surface area (Å²) >= 11 is 3.32. The lowest BCUT2D eigenvalue weighted by Gasteiger charge is -2.41. The van der Waals surface area contributed by atoms with Crippen LogP contribution in [0.1, 0.15) is 27.7 Å². The van der Waals surface area contributed by atoms with E-state index in [4.69, 9.17) is 4.74 Å². The van der Waals surface area contributed by atoms with Crippen LogP contribution >= 0.6 is 15.9 Å². The molecule has 3 rings (SSSR count). The molecule has 1 aliphatic rings. The molecule has 8 nitrogen and oxygen atoms in total. The molecule has 1 N–H and O–H groups in total. The first-order valence-electron chi connectivity index (χ1n) is 9.16. The van der Waals surface area contributed by atoms with Crippen LogP contribution < -0.4 is 10.2 Å². The van der Waals surface area contributed by atoms with Crippen molar-refractivity contribution in [2.75, 3.05) is 29.9 Å². The highest BCUT2D eigenvalue weighted by atomic mass is 79.9. The maximum Gasteiger partial charge on any atom is 0.410 e. The van der Waals surface area contributed by atoms with Crippen LogP contribution in [0.5, 0.6) is 0 Å². The van der Waals surface area contributed by atoms with Crippen LogP contribution in [-0.2, 0) is 4.74 Å². The second kappa shape index (κ2) is 8.30. The number of halogens is 1. The Morgan fingerprint density at radius 3 is 2.61 bits per heavy atom. The highest BCUT2D eigenvalue weighted by Crippen LogP contribution is 2.23. The number of ether oxygens (including phenoxy) is 1. The topological polar surface area (TPSA) is 83.5 Å². The fourth-order valence-corrected chi connectivity index (χ4v) is 3.30. The van der Waals surface area contributed by atoms with E-state index >= 15 is 0 Å². The third-order valence-electron chi connectivity index (χ3n) is 4.25. The summed E-state index contributed by atoms with van der Waals surface area (Å²) < 4.78 is 6.19. The largest absolute Gasteiger partial charge is 0.444 e. The van der Waals surface area contributed by atoms with E-state index in [1.54, 1.807) is 11.0 Å². The summed E-state index contributed by atoms with van der Waals surface area (Å²) in [5, 5.41) is 3.15. The number of amides is 1. The zero-order valence-electron chi connectivity index (χ0n) is 16.5. The SMILES string of the molecule is C[C@H]1CN(C(=O)OC(C)(C)C)CCN1c1ccc(Nc2cc(Br)ncn2)nc1. The second-order valence-corrected chi connectivity index (χ2v) is 8.53. The number of aromatic nitrogens is 3. The van der Waals surface area contributed by atoms with Crippen molar-refractivity contribution in [2.24, 2.45) is 0 Å². The number of carbonyl (C=O) groups excluding carboxylic acids is 1. The van der Waals surface area contributed by atoms with Crippen LogP contribution in [0.4, 0.5) is 22.1 Å². The molecule has 0 radical (unpaired) electrons. The van der Waals surface area contributed by atoms with Crippen molar-refractivity contribution in [1.82, 2.24) is 19.9 Å². The molecule has 0 saturated carbocycles. The average Bonchev–Trinajstić information content (AvgIpc) is 2.61. The molecule has 0 aromatic carbocycles. The minimum absolute atomic E-state index is 0.166. The summed E-state index contributed by atoms with van der Waals surface area (Å²) in [6.45, 7) is 9.71. The van der Waals surface area contributed by atoms with E-state index in [1.165, 1.54) is 6.33 Å². The van der Waals surface area contributed by atoms with Crippen LogP contribution in [-0.4, -0.2) is 57.2 Å². The van der Waals surface area contributed by atoms with Crippen molar-refractivity contribution in [3.8, 4) is 0 Å². The van der Waals surface area contributed by atoms with Gasteiger partial charge in [0, 0.05) is 31.7 Å². The molecule has 2 aromatic rings. The first kappa shape index (κ1) is 20.3. The molecule has 9 heteroatoms. The third kappa shape index (κ3) is 5.31. The predicted octanol–water partition coefficient (Wildman–Crippen LogP) is 3.82. The molecular formula is C19H25BrN6O2. The molecule has 28 heavy (non-hydrogen) atoms. The Hall–Kier alpha value is -2.42. The van der Waals surface area contributed by atoms with Gasteiger partial charge in [-0.15, -0.1) is 0 Å². The van der Waals surface area contributed by atoms with Gasteiger partial charge in [0.25, 0.3) is 0 Å². The van der Waals surface area contributed by atoms with Gasteiger partial charge in [-0.1, -0.05) is 0 Å². The van der Waals surface area contributed by atoms with Gasteiger partial charge in [0.05, 0.1) is 11.9 Å². The van der Waals surface area contributed by atoms with Gasteiger partial charge in [-0.2, -0.15) is 0 Å². The van der Waals surface area contributed by atoms with Crippen molar-refractivity contribution in [2.45, 2.75) is 39.3 Å². The Kier molecular flexibility index (Phi) is 6.02. The number of hydrogen-bond acceptors (Lipinski definition) is 7. The van der Waals surface area contributed by atoms with Gasteiger partial charge >= 0.3 is 6.09 Å². The molecule has 2 aromatic heterocycles. The van der Waals surface area contributed by atoms with Crippen LogP contribution in [0.15, 0.2) is 35.3 Å². The summed E-state index contributed by atoms with van der Waals surface area (Å²) in [6, 6.07) is 5.89. The number of pyridine rings is 1. The standard InChI is InChI=1S/C19H25BrN6O2/c1-13-11-25(18(27)28-19(2,3)4)7-8-26(13)14-5-6-16(21-10-14)24-17-9-15(20)22-12-23-17/h5-6,9-10,12-13H,7-8,11H2,1-4H3,(H,21,22,23,24)/t13-/m0/s1. The summed E-state index contributed by atoms with van der Waals surface area (Å²) in [4.78, 5) is 29.0. The minimum atomic E-state index is -0.483. The van der Waals surface area contributed by atoms with Gasteiger partial charge in [0.2, 0.25) is 0 Å². The van der Waals surface area contributed by atoms with Crippen molar-refractivity contribution in [1.29, 1.82) is 0 Å². The first-order valence-corrected chi connectivity index (χ1v) is 9.96. The maximum absolute atomic E-state index is 12.3. The number of anilines is 3. The Balaban J connectivity index is 1.61. The normalized spacial score (nSPS) is 17.4. The van der Waals surface area contributed by atoms with Crippen LogP contribution in [0, 0.1) is 0 Å². The Morgan fingerprint density at radius 1 is 1.21 bits per heavy atom. The first-order chi connectivity index (χ1) is 13.2. The smallest absolute Gasteiger partial charge is 0.410 e. The van der Waals surface area contributed by atoms with E-state index in [0.717, 1.165) is 12.2 Å². The zero-order valence-corrected chi connectivity index (χ0v) is 18.1. The van der Waals surface area contributed by atoms with Crippen LogP contribution in [0.3, 0.4) is 0 Å². The maximum atomic E-state index is 12.3. The number of hydrogen-bond donors (Lipinski definition) is 1. The third-order valence-corrected chi connectivity index (χ3v) is 4.68. The highest BCUT2D eigenvalue weighted by molar-refractivity contribution is 9.10. The molecular weight excluding hydrogens is 424 g/mol. The van der Waals surface area contributed by atoms with E-state index in [9.17, 15) is 4.79 Å². The van der Waals surface area contributed by atoms with Crippen molar-refractivity contribution in [3.63, 3.8) is 0 Å². The average molecular weight is 449 g/mol. The number of rotatable bonds is 3. The molecule has 1 amide bonds. The Labute approximate surface area is 173 Å². The number of nitrogens with zero attached hydrogens (tertiary/aromatic N) is 5. The second-order valence-electron chi connectivity index (χ2n) is 7.72. The highest BCUT2D eigenvalue weighted by Gasteiger charge is 2.30. The van der Waals surface area contributed by atoms with Crippen molar-refractivity contribution in [3.05, 3.63) is 35.3 Å². The number of carbonyl (C=O) groups is 1. The number of piperazine rings is 1. The summed E-state index contributed by atoms with van der Waals surface area (Å²) in [7, 11) is 0. The Bertz CT molecular complexity index is 824. The molecule has 1 atom stereocenters. The zero-order chi connectivity index (χ0) is 20.3. The fraction of sp³-hybridized carbons (Fsp3) is 0.474. The molecule has 3 heterocycles. The van der Waals surface area contributed by atoms with E-state index < -0.39 is 5.60 Å². The fourth-order valence-electron chi connectivity index (χ4n) is 3.00. The molecule has 1 saturated heterocycles. The van der Waals surface area contributed by atoms with Crippen molar-refractivity contribution < 1.29 is 9.53 Å². The van der Waals surface area contributed by atoms with Gasteiger partial charge in [-0.05, 0) is 55.8 Å². The molecule has 0 unspecified atom stereocenters. The van der Waals surface area contributed by atoms with Crippen molar-refractivity contribution >= 4 is 39.3 Å². The summed E-state index contributed by atoms with van der Waals surface area (Å²) in [5.74, 6) is 1.37. The lowest BCUT2D eigenvalue weighted by molar-refractivity contribution is 0.0219. The van der Waals surface area contributed by atoms with Gasteiger partial charge in [0.1, 0.15) is 28.2 Å².